The van der Waals surface area contributed by atoms with Gasteiger partial charge in [0.2, 0.25) is 0 Å². The van der Waals surface area contributed by atoms with E-state index in [-0.39, 0.29) is 11.9 Å². The van der Waals surface area contributed by atoms with Crippen LogP contribution in [-0.4, -0.2) is 40.6 Å². The van der Waals surface area contributed by atoms with E-state index in [9.17, 15) is 4.79 Å². The number of likely N-dealkylation sites (N-methyl/N-ethyl adjacent to an activating group) is 1. The van der Waals surface area contributed by atoms with Crippen LogP contribution in [0, 0.1) is 0 Å². The molecule has 2 heterocycles. The van der Waals surface area contributed by atoms with Crippen molar-refractivity contribution in [2.24, 2.45) is 5.73 Å². The minimum atomic E-state index is -0.0437. The molecule has 0 radical (unpaired) electrons. The second-order valence-electron chi connectivity index (χ2n) is 6.43. The molecule has 0 saturated heterocycles. The highest BCUT2D eigenvalue weighted by molar-refractivity contribution is 6.06. The Morgan fingerprint density at radius 3 is 2.87 bits per heavy atom. The first kappa shape index (κ1) is 15.9. The van der Waals surface area contributed by atoms with Crippen molar-refractivity contribution in [3.8, 4) is 0 Å². The Balaban J connectivity index is 2.11. The molecule has 1 saturated carbocycles. The molecule has 6 nitrogen and oxygen atoms in total. The fourth-order valence-corrected chi connectivity index (χ4v) is 2.74. The van der Waals surface area contributed by atoms with Crippen LogP contribution >= 0.6 is 0 Å². The molecule has 1 fully saturated rings. The third-order valence-corrected chi connectivity index (χ3v) is 4.57. The molecule has 2 aromatic rings. The van der Waals surface area contributed by atoms with Crippen LogP contribution in [-0.2, 0) is 6.42 Å². The number of hydrogen-bond acceptors (Lipinski definition) is 5. The van der Waals surface area contributed by atoms with Gasteiger partial charge in [-0.2, -0.15) is 0 Å². The van der Waals surface area contributed by atoms with E-state index in [1.54, 1.807) is 11.9 Å². The molecule has 1 aliphatic rings. The first-order valence-corrected chi connectivity index (χ1v) is 8.33. The van der Waals surface area contributed by atoms with Crippen molar-refractivity contribution >= 4 is 17.0 Å². The Labute approximate surface area is 136 Å². The van der Waals surface area contributed by atoms with Gasteiger partial charge in [-0.05, 0) is 32.3 Å². The largest absolute Gasteiger partial charge is 0.338 e. The minimum absolute atomic E-state index is 0.0235. The summed E-state index contributed by atoms with van der Waals surface area (Å²) in [4.78, 5) is 19.3. The van der Waals surface area contributed by atoms with Crippen molar-refractivity contribution in [3.05, 3.63) is 23.0 Å². The predicted octanol–water partition coefficient (Wildman–Crippen LogP) is 2.47. The van der Waals surface area contributed by atoms with E-state index in [1.807, 2.05) is 13.0 Å². The third kappa shape index (κ3) is 2.95. The summed E-state index contributed by atoms with van der Waals surface area (Å²) in [5.74, 6) is 0.403. The summed E-state index contributed by atoms with van der Waals surface area (Å²) in [5, 5.41) is 4.90. The highest BCUT2D eigenvalue weighted by Crippen LogP contribution is 2.40. The average Bonchev–Trinajstić information content (AvgIpc) is 3.34. The van der Waals surface area contributed by atoms with E-state index in [0.29, 0.717) is 23.7 Å². The van der Waals surface area contributed by atoms with Crippen molar-refractivity contribution in [1.82, 2.24) is 15.0 Å². The lowest BCUT2D eigenvalue weighted by Gasteiger charge is -2.24. The molecule has 124 valence electrons. The first-order chi connectivity index (χ1) is 11.1. The molecule has 23 heavy (non-hydrogen) atoms. The average molecular weight is 316 g/mol. The van der Waals surface area contributed by atoms with Crippen LogP contribution in [0.25, 0.3) is 11.1 Å². The molecule has 0 spiro atoms. The van der Waals surface area contributed by atoms with Crippen molar-refractivity contribution in [2.45, 2.75) is 51.5 Å². The Morgan fingerprint density at radius 1 is 1.52 bits per heavy atom. The summed E-state index contributed by atoms with van der Waals surface area (Å²) >= 11 is 0. The molecule has 6 heteroatoms. The maximum absolute atomic E-state index is 13.0. The van der Waals surface area contributed by atoms with Crippen molar-refractivity contribution in [3.63, 3.8) is 0 Å². The lowest BCUT2D eigenvalue weighted by molar-refractivity contribution is 0.0750. The lowest BCUT2D eigenvalue weighted by Crippen LogP contribution is -2.39. The maximum Gasteiger partial charge on any atom is 0.259 e. The van der Waals surface area contributed by atoms with Crippen LogP contribution in [0.4, 0.5) is 0 Å². The fourth-order valence-electron chi connectivity index (χ4n) is 2.74. The van der Waals surface area contributed by atoms with E-state index in [1.165, 1.54) is 0 Å². The molecule has 1 atom stereocenters. The summed E-state index contributed by atoms with van der Waals surface area (Å²) in [6.07, 6.45) is 3.96. The Morgan fingerprint density at radius 2 is 2.26 bits per heavy atom. The monoisotopic (exact) mass is 316 g/mol. The third-order valence-electron chi connectivity index (χ3n) is 4.57. The summed E-state index contributed by atoms with van der Waals surface area (Å²) in [6, 6.07) is 1.91. The number of pyridine rings is 1. The molecule has 0 aromatic carbocycles. The molecule has 3 rings (SSSR count). The number of amides is 1. The van der Waals surface area contributed by atoms with E-state index in [2.05, 4.69) is 17.1 Å². The lowest BCUT2D eigenvalue weighted by atomic mass is 10.0. The predicted molar refractivity (Wildman–Crippen MR) is 88.4 cm³/mol. The second kappa shape index (κ2) is 6.28. The van der Waals surface area contributed by atoms with E-state index >= 15 is 0 Å². The fraction of sp³-hybridized carbons (Fsp3) is 0.588. The zero-order valence-corrected chi connectivity index (χ0v) is 14.0. The number of nitrogens with two attached hydrogens (primary N) is 1. The molecule has 0 bridgehead atoms. The van der Waals surface area contributed by atoms with Crippen molar-refractivity contribution in [2.75, 3.05) is 13.6 Å². The smallest absolute Gasteiger partial charge is 0.259 e. The van der Waals surface area contributed by atoms with Gasteiger partial charge in [0.1, 0.15) is 0 Å². The molecule has 1 aliphatic carbocycles. The van der Waals surface area contributed by atoms with Gasteiger partial charge in [-0.3, -0.25) is 4.79 Å². The number of carbonyl (C=O) groups excluding carboxylic acids is 1. The van der Waals surface area contributed by atoms with E-state index in [0.717, 1.165) is 42.5 Å². The summed E-state index contributed by atoms with van der Waals surface area (Å²) in [5.41, 5.74) is 8.59. The summed E-state index contributed by atoms with van der Waals surface area (Å²) < 4.78 is 5.42. The summed E-state index contributed by atoms with van der Waals surface area (Å²) in [7, 11) is 1.79. The zero-order valence-electron chi connectivity index (χ0n) is 14.0. The van der Waals surface area contributed by atoms with Crippen molar-refractivity contribution in [1.29, 1.82) is 0 Å². The van der Waals surface area contributed by atoms with Gasteiger partial charge in [0.25, 0.3) is 11.6 Å². The van der Waals surface area contributed by atoms with Gasteiger partial charge in [0.15, 0.2) is 0 Å². The van der Waals surface area contributed by atoms with Crippen molar-refractivity contribution < 1.29 is 9.32 Å². The topological polar surface area (TPSA) is 85.2 Å². The van der Waals surface area contributed by atoms with E-state index in [4.69, 9.17) is 10.3 Å². The Bertz CT molecular complexity index is 721. The number of aryl methyl sites for hydroxylation is 1. The SMILES string of the molecule is CCCc1noc2nc(C3CC3)cc(C(=O)N(C)C(C)CN)c12. The molecular weight excluding hydrogens is 292 g/mol. The standard InChI is InChI=1S/C17H24N4O2/c1-4-5-13-15-12(17(22)21(3)10(2)9-18)8-14(11-6-7-11)19-16(15)23-20-13/h8,10-11H,4-7,9,18H2,1-3H3. The Hall–Kier alpha value is -1.95. The van der Waals surface area contributed by atoms with Gasteiger partial charge in [0, 0.05) is 31.2 Å². The van der Waals surface area contributed by atoms with Crippen LogP contribution in [0.2, 0.25) is 0 Å². The van der Waals surface area contributed by atoms with Crippen LogP contribution in [0.5, 0.6) is 0 Å². The van der Waals surface area contributed by atoms with Crippen LogP contribution < -0.4 is 5.73 Å². The second-order valence-corrected chi connectivity index (χ2v) is 6.43. The Kier molecular flexibility index (Phi) is 4.35. The number of aromatic nitrogens is 2. The molecule has 1 unspecified atom stereocenters. The quantitative estimate of drug-likeness (QED) is 0.885. The number of carbonyl (C=O) groups is 1. The highest BCUT2D eigenvalue weighted by atomic mass is 16.5. The maximum atomic E-state index is 13.0. The zero-order chi connectivity index (χ0) is 16.6. The van der Waals surface area contributed by atoms with Gasteiger partial charge in [-0.15, -0.1) is 0 Å². The van der Waals surface area contributed by atoms with Crippen LogP contribution in [0.15, 0.2) is 10.6 Å². The highest BCUT2D eigenvalue weighted by Gasteiger charge is 2.30. The van der Waals surface area contributed by atoms with Gasteiger partial charge >= 0.3 is 0 Å². The van der Waals surface area contributed by atoms with Gasteiger partial charge in [0.05, 0.1) is 16.6 Å². The number of rotatable bonds is 6. The first-order valence-electron chi connectivity index (χ1n) is 8.33. The van der Waals surface area contributed by atoms with Gasteiger partial charge in [-0.25, -0.2) is 4.98 Å². The number of nitrogens with zero attached hydrogens (tertiary/aromatic N) is 3. The van der Waals surface area contributed by atoms with Gasteiger partial charge < -0.3 is 15.2 Å². The molecule has 2 aromatic heterocycles. The van der Waals surface area contributed by atoms with Crippen LogP contribution in [0.3, 0.4) is 0 Å². The normalized spacial score (nSPS) is 15.8. The van der Waals surface area contributed by atoms with Gasteiger partial charge in [-0.1, -0.05) is 18.5 Å². The molecule has 2 N–H and O–H groups in total. The number of fused-ring (bicyclic) bond motifs is 1. The van der Waals surface area contributed by atoms with Crippen LogP contribution in [0.1, 0.15) is 60.8 Å². The molecule has 0 aliphatic heterocycles. The number of hydrogen-bond donors (Lipinski definition) is 1. The molecular formula is C17H24N4O2. The van der Waals surface area contributed by atoms with E-state index < -0.39 is 0 Å². The summed E-state index contributed by atoms with van der Waals surface area (Å²) in [6.45, 7) is 4.45. The molecule has 1 amide bonds. The minimum Gasteiger partial charge on any atom is -0.338 e.